The van der Waals surface area contributed by atoms with Gasteiger partial charge < -0.3 is 20.5 Å². The number of amides is 1. The zero-order valence-electron chi connectivity index (χ0n) is 12.6. The number of rotatable bonds is 7. The highest BCUT2D eigenvalue weighted by atomic mass is 16.2. The Balaban J connectivity index is 2.17. The van der Waals surface area contributed by atoms with Crippen molar-refractivity contribution in [2.24, 2.45) is 0 Å². The summed E-state index contributed by atoms with van der Waals surface area (Å²) in [5.74, 6) is 1.09. The number of carbonyl (C=O) groups excluding carboxylic acids is 1. The van der Waals surface area contributed by atoms with Crippen molar-refractivity contribution < 1.29 is 4.79 Å². The van der Waals surface area contributed by atoms with Gasteiger partial charge in [-0.2, -0.15) is 9.97 Å². The van der Waals surface area contributed by atoms with Gasteiger partial charge in [0.25, 0.3) is 0 Å². The van der Waals surface area contributed by atoms with Crippen molar-refractivity contribution in [3.05, 3.63) is 6.33 Å². The number of fused-ring (bicyclic) bond motifs is 1. The Morgan fingerprint density at radius 2 is 2.14 bits per heavy atom. The Morgan fingerprint density at radius 3 is 2.86 bits per heavy atom. The van der Waals surface area contributed by atoms with Crippen LogP contribution in [0.3, 0.4) is 0 Å². The molecule has 0 atom stereocenters. The topological polar surface area (TPSA) is 98.8 Å². The van der Waals surface area contributed by atoms with Gasteiger partial charge in [0.2, 0.25) is 11.9 Å². The van der Waals surface area contributed by atoms with Gasteiger partial charge in [-0.25, -0.2) is 4.98 Å². The maximum atomic E-state index is 11.9. The minimum Gasteiger partial charge on any atom is -0.359 e. The van der Waals surface area contributed by atoms with E-state index in [1.165, 1.54) is 0 Å². The lowest BCUT2D eigenvalue weighted by Gasteiger charge is -2.15. The third-order valence-electron chi connectivity index (χ3n) is 3.13. The van der Waals surface area contributed by atoms with E-state index in [-0.39, 0.29) is 12.5 Å². The lowest BCUT2D eigenvalue weighted by Crippen LogP contribution is -2.32. The number of aromatic nitrogens is 4. The molecular formula is C13H21N7O. The lowest BCUT2D eigenvalue weighted by molar-refractivity contribution is -0.127. The Morgan fingerprint density at radius 1 is 1.33 bits per heavy atom. The average molecular weight is 291 g/mol. The molecule has 0 aliphatic rings. The molecule has 0 unspecified atom stereocenters. The molecule has 21 heavy (non-hydrogen) atoms. The number of imidazole rings is 1. The first-order chi connectivity index (χ1) is 10.2. The number of hydrogen-bond acceptors (Lipinski definition) is 6. The van der Waals surface area contributed by atoms with E-state index in [0.717, 1.165) is 13.0 Å². The van der Waals surface area contributed by atoms with Crippen LogP contribution >= 0.6 is 0 Å². The van der Waals surface area contributed by atoms with E-state index >= 15 is 0 Å². The van der Waals surface area contributed by atoms with Crippen LogP contribution in [0.4, 0.5) is 11.8 Å². The predicted octanol–water partition coefficient (Wildman–Crippen LogP) is 1.06. The molecule has 2 heterocycles. The predicted molar refractivity (Wildman–Crippen MR) is 82.3 cm³/mol. The van der Waals surface area contributed by atoms with E-state index in [0.29, 0.717) is 29.5 Å². The van der Waals surface area contributed by atoms with Gasteiger partial charge in [-0.15, -0.1) is 0 Å². The Hall–Kier alpha value is -2.38. The van der Waals surface area contributed by atoms with Crippen LogP contribution in [-0.4, -0.2) is 57.4 Å². The summed E-state index contributed by atoms with van der Waals surface area (Å²) >= 11 is 0. The number of anilines is 2. The van der Waals surface area contributed by atoms with Gasteiger partial charge in [0.15, 0.2) is 11.5 Å². The van der Waals surface area contributed by atoms with Crippen LogP contribution in [0.5, 0.6) is 0 Å². The molecule has 1 amide bonds. The Bertz CT molecular complexity index is 610. The number of nitrogens with zero attached hydrogens (tertiary/aromatic N) is 4. The molecular weight excluding hydrogens is 270 g/mol. The number of likely N-dealkylation sites (N-methyl/N-ethyl adjacent to an activating group) is 1. The minimum atomic E-state index is 0.00634. The van der Waals surface area contributed by atoms with Crippen molar-refractivity contribution in [1.82, 2.24) is 24.8 Å². The molecule has 0 spiro atoms. The Labute approximate surface area is 123 Å². The van der Waals surface area contributed by atoms with Gasteiger partial charge in [-0.3, -0.25) is 4.79 Å². The van der Waals surface area contributed by atoms with E-state index in [9.17, 15) is 4.79 Å². The van der Waals surface area contributed by atoms with Crippen molar-refractivity contribution in [2.45, 2.75) is 20.3 Å². The van der Waals surface area contributed by atoms with E-state index in [1.807, 2.05) is 6.92 Å². The molecule has 0 aliphatic carbocycles. The number of hydrogen-bond donors (Lipinski definition) is 3. The highest BCUT2D eigenvalue weighted by Gasteiger charge is 2.12. The fourth-order valence-electron chi connectivity index (χ4n) is 1.75. The standard InChI is InChI=1S/C13H21N7O/c1-4-6-14-13-18-11(10-12(19-13)17-8-16-10)15-7-9(21)20(3)5-2/h8H,4-7H2,1-3H3,(H3,14,15,16,17,18,19). The number of nitrogens with one attached hydrogen (secondary N) is 3. The third kappa shape index (κ3) is 3.59. The summed E-state index contributed by atoms with van der Waals surface area (Å²) in [7, 11) is 1.77. The fourth-order valence-corrected chi connectivity index (χ4v) is 1.75. The number of carbonyl (C=O) groups is 1. The maximum absolute atomic E-state index is 11.9. The van der Waals surface area contributed by atoms with Gasteiger partial charge in [0, 0.05) is 20.1 Å². The molecule has 0 bridgehead atoms. The molecule has 2 aromatic rings. The van der Waals surface area contributed by atoms with E-state index in [2.05, 4.69) is 37.5 Å². The number of aromatic amines is 1. The summed E-state index contributed by atoms with van der Waals surface area (Å²) < 4.78 is 0. The van der Waals surface area contributed by atoms with Crippen molar-refractivity contribution in [3.8, 4) is 0 Å². The molecule has 114 valence electrons. The molecule has 0 aliphatic heterocycles. The fraction of sp³-hybridized carbons (Fsp3) is 0.538. The van der Waals surface area contributed by atoms with Gasteiger partial charge in [-0.1, -0.05) is 6.92 Å². The summed E-state index contributed by atoms with van der Waals surface area (Å²) in [5, 5.41) is 6.18. The summed E-state index contributed by atoms with van der Waals surface area (Å²) in [5.41, 5.74) is 1.27. The summed E-state index contributed by atoms with van der Waals surface area (Å²) in [6, 6.07) is 0. The smallest absolute Gasteiger partial charge is 0.241 e. The second-order valence-electron chi connectivity index (χ2n) is 4.69. The van der Waals surface area contributed by atoms with Gasteiger partial charge in [0.05, 0.1) is 12.9 Å². The van der Waals surface area contributed by atoms with Crippen molar-refractivity contribution in [2.75, 3.05) is 37.3 Å². The molecule has 2 rings (SSSR count). The lowest BCUT2D eigenvalue weighted by atomic mass is 10.4. The van der Waals surface area contributed by atoms with E-state index in [1.54, 1.807) is 18.3 Å². The monoisotopic (exact) mass is 291 g/mol. The Kier molecular flexibility index (Phi) is 4.91. The van der Waals surface area contributed by atoms with Crippen LogP contribution < -0.4 is 10.6 Å². The van der Waals surface area contributed by atoms with Gasteiger partial charge in [0.1, 0.15) is 5.52 Å². The quantitative estimate of drug-likeness (QED) is 0.705. The highest BCUT2D eigenvalue weighted by molar-refractivity contribution is 5.87. The van der Waals surface area contributed by atoms with Crippen molar-refractivity contribution in [3.63, 3.8) is 0 Å². The molecule has 0 saturated heterocycles. The molecule has 0 radical (unpaired) electrons. The van der Waals surface area contributed by atoms with Crippen molar-refractivity contribution in [1.29, 1.82) is 0 Å². The van der Waals surface area contributed by atoms with Crippen LogP contribution in [0.25, 0.3) is 11.2 Å². The van der Waals surface area contributed by atoms with Crippen LogP contribution in [0.1, 0.15) is 20.3 Å². The molecule has 3 N–H and O–H groups in total. The van der Waals surface area contributed by atoms with Crippen molar-refractivity contribution >= 4 is 28.8 Å². The first-order valence-electron chi connectivity index (χ1n) is 7.08. The van der Waals surface area contributed by atoms with Crippen LogP contribution in [-0.2, 0) is 4.79 Å². The second kappa shape index (κ2) is 6.87. The summed E-state index contributed by atoms with van der Waals surface area (Å²) in [6.45, 7) is 5.64. The molecule has 0 saturated carbocycles. The molecule has 0 aromatic carbocycles. The van der Waals surface area contributed by atoms with Gasteiger partial charge >= 0.3 is 0 Å². The normalized spacial score (nSPS) is 10.6. The van der Waals surface area contributed by atoms with Crippen LogP contribution in [0.15, 0.2) is 6.33 Å². The minimum absolute atomic E-state index is 0.00634. The maximum Gasteiger partial charge on any atom is 0.241 e. The largest absolute Gasteiger partial charge is 0.359 e. The first-order valence-corrected chi connectivity index (χ1v) is 7.08. The van der Waals surface area contributed by atoms with E-state index in [4.69, 9.17) is 0 Å². The average Bonchev–Trinajstić information content (AvgIpc) is 2.97. The third-order valence-corrected chi connectivity index (χ3v) is 3.13. The van der Waals surface area contributed by atoms with E-state index < -0.39 is 0 Å². The van der Waals surface area contributed by atoms with Crippen LogP contribution in [0, 0.1) is 0 Å². The second-order valence-corrected chi connectivity index (χ2v) is 4.69. The SMILES string of the molecule is CCCNc1nc(NCC(=O)N(C)CC)c2[nH]cnc2n1. The first kappa shape index (κ1) is 15.0. The molecule has 8 heteroatoms. The molecule has 2 aromatic heterocycles. The summed E-state index contributed by atoms with van der Waals surface area (Å²) in [6.07, 6.45) is 2.54. The molecule has 8 nitrogen and oxygen atoms in total. The summed E-state index contributed by atoms with van der Waals surface area (Å²) in [4.78, 5) is 29.3. The molecule has 0 fully saturated rings. The zero-order valence-corrected chi connectivity index (χ0v) is 12.6. The number of H-pyrrole nitrogens is 1. The van der Waals surface area contributed by atoms with Gasteiger partial charge in [-0.05, 0) is 13.3 Å². The zero-order chi connectivity index (χ0) is 15.2. The van der Waals surface area contributed by atoms with Crippen LogP contribution in [0.2, 0.25) is 0 Å². The highest BCUT2D eigenvalue weighted by Crippen LogP contribution is 2.18.